The number of methoxy groups -OCH3 is 2. The van der Waals surface area contributed by atoms with E-state index < -0.39 is 35.3 Å². The second-order valence-corrected chi connectivity index (χ2v) is 9.04. The lowest BCUT2D eigenvalue weighted by atomic mass is 9.77. The summed E-state index contributed by atoms with van der Waals surface area (Å²) in [7, 11) is 2.76. The fourth-order valence-corrected chi connectivity index (χ4v) is 5.43. The van der Waals surface area contributed by atoms with E-state index in [2.05, 4.69) is 9.97 Å². The Labute approximate surface area is 209 Å². The van der Waals surface area contributed by atoms with Gasteiger partial charge in [-0.1, -0.05) is 12.1 Å². The minimum Gasteiger partial charge on any atom is -0.494 e. The van der Waals surface area contributed by atoms with Gasteiger partial charge in [-0.25, -0.2) is 14.4 Å². The van der Waals surface area contributed by atoms with Crippen LogP contribution in [0.4, 0.5) is 17.6 Å². The highest BCUT2D eigenvalue weighted by Gasteiger charge is 2.56. The Morgan fingerprint density at radius 1 is 1.16 bits per heavy atom. The normalized spacial score (nSPS) is 23.1. The molecular formula is C26H23F4N3O4. The van der Waals surface area contributed by atoms with E-state index in [9.17, 15) is 22.4 Å². The molecule has 1 aromatic carbocycles. The van der Waals surface area contributed by atoms with Crippen molar-refractivity contribution in [2.45, 2.75) is 37.0 Å². The van der Waals surface area contributed by atoms with Crippen molar-refractivity contribution in [3.8, 4) is 11.6 Å². The van der Waals surface area contributed by atoms with E-state index in [1.807, 2.05) is 0 Å². The maximum atomic E-state index is 13.7. The van der Waals surface area contributed by atoms with Crippen molar-refractivity contribution in [1.29, 1.82) is 0 Å². The molecule has 194 valence electrons. The Balaban J connectivity index is 1.52. The SMILES string of the molecule is COC(=O)[C@H]1CC[C@@]2(CC(c3nc(-n4ccnc4C(F)(F)F)ccc3OC)=CO2)[C@@H]1c1ccc(F)cc1. The first-order valence-corrected chi connectivity index (χ1v) is 11.5. The number of hydrogen-bond acceptors (Lipinski definition) is 6. The number of ether oxygens (including phenoxy) is 3. The molecular weight excluding hydrogens is 494 g/mol. The molecule has 3 atom stereocenters. The first-order valence-electron chi connectivity index (χ1n) is 11.5. The first kappa shape index (κ1) is 24.8. The van der Waals surface area contributed by atoms with Crippen molar-refractivity contribution >= 4 is 11.5 Å². The van der Waals surface area contributed by atoms with Gasteiger partial charge in [-0.2, -0.15) is 13.2 Å². The van der Waals surface area contributed by atoms with Gasteiger partial charge >= 0.3 is 12.1 Å². The van der Waals surface area contributed by atoms with E-state index in [4.69, 9.17) is 14.2 Å². The van der Waals surface area contributed by atoms with Gasteiger partial charge in [0.15, 0.2) is 0 Å². The number of alkyl halides is 3. The van der Waals surface area contributed by atoms with Crippen molar-refractivity contribution in [3.63, 3.8) is 0 Å². The van der Waals surface area contributed by atoms with Crippen molar-refractivity contribution in [2.24, 2.45) is 5.92 Å². The smallest absolute Gasteiger partial charge is 0.450 e. The van der Waals surface area contributed by atoms with Gasteiger partial charge < -0.3 is 14.2 Å². The van der Waals surface area contributed by atoms with Crippen LogP contribution in [0.25, 0.3) is 11.4 Å². The standard InChI is InChI=1S/C26H23F4N3O4/c1-35-19-7-8-20(33-12-11-31-24(33)26(28,29)30)32-22(19)16-13-25(37-14-16)10-9-18(23(34)36-2)21(25)15-3-5-17(27)6-4-15/h3-8,11-12,14,18,21H,9-10,13H2,1-2H3/t18-,21+,25+/m0/s1. The average molecular weight is 517 g/mol. The van der Waals surface area contributed by atoms with Crippen LogP contribution in [0.1, 0.15) is 42.3 Å². The zero-order chi connectivity index (χ0) is 26.4. The highest BCUT2D eigenvalue weighted by molar-refractivity contribution is 5.76. The molecule has 5 rings (SSSR count). The Hall–Kier alpha value is -3.89. The molecule has 2 aliphatic rings. The molecule has 1 spiro atoms. The Morgan fingerprint density at radius 2 is 1.92 bits per heavy atom. The van der Waals surface area contributed by atoms with Crippen LogP contribution in [-0.4, -0.2) is 40.3 Å². The molecule has 37 heavy (non-hydrogen) atoms. The average Bonchev–Trinajstić information content (AvgIpc) is 3.63. The van der Waals surface area contributed by atoms with Crippen LogP contribution < -0.4 is 4.74 Å². The van der Waals surface area contributed by atoms with Gasteiger partial charge in [0.1, 0.15) is 28.7 Å². The summed E-state index contributed by atoms with van der Waals surface area (Å²) in [6, 6.07) is 8.86. The molecule has 0 amide bonds. The molecule has 2 aromatic heterocycles. The third-order valence-corrected chi connectivity index (χ3v) is 7.02. The number of pyridine rings is 1. The topological polar surface area (TPSA) is 75.5 Å². The van der Waals surface area contributed by atoms with Crippen LogP contribution in [0, 0.1) is 11.7 Å². The fraction of sp³-hybridized carbons (Fsp3) is 0.346. The van der Waals surface area contributed by atoms with E-state index >= 15 is 0 Å². The summed E-state index contributed by atoms with van der Waals surface area (Å²) >= 11 is 0. The van der Waals surface area contributed by atoms with Crippen LogP contribution in [0.15, 0.2) is 55.1 Å². The number of aromatic nitrogens is 3. The van der Waals surface area contributed by atoms with Gasteiger partial charge in [-0.05, 0) is 42.7 Å². The quantitative estimate of drug-likeness (QED) is 0.338. The number of imidazole rings is 1. The molecule has 1 fully saturated rings. The number of esters is 1. The highest BCUT2D eigenvalue weighted by Crippen LogP contribution is 2.56. The lowest BCUT2D eigenvalue weighted by Crippen LogP contribution is -2.35. The molecule has 0 radical (unpaired) electrons. The minimum absolute atomic E-state index is 0.0106. The largest absolute Gasteiger partial charge is 0.494 e. The van der Waals surface area contributed by atoms with Gasteiger partial charge in [0, 0.05) is 30.3 Å². The van der Waals surface area contributed by atoms with Crippen LogP contribution in [0.2, 0.25) is 0 Å². The summed E-state index contributed by atoms with van der Waals surface area (Å²) in [6.07, 6.45) is 0.404. The summed E-state index contributed by atoms with van der Waals surface area (Å²) < 4.78 is 71.6. The molecule has 0 N–H and O–H groups in total. The van der Waals surface area contributed by atoms with Crippen molar-refractivity contribution < 1.29 is 36.6 Å². The molecule has 11 heteroatoms. The number of nitrogens with zero attached hydrogens (tertiary/aromatic N) is 3. The van der Waals surface area contributed by atoms with E-state index in [1.54, 1.807) is 12.1 Å². The number of carbonyl (C=O) groups is 1. The Kier molecular flexibility index (Phi) is 6.17. The van der Waals surface area contributed by atoms with Gasteiger partial charge in [-0.15, -0.1) is 0 Å². The van der Waals surface area contributed by atoms with Crippen molar-refractivity contribution in [1.82, 2.24) is 14.5 Å². The highest BCUT2D eigenvalue weighted by atomic mass is 19.4. The minimum atomic E-state index is -4.67. The number of rotatable bonds is 5. The maximum absolute atomic E-state index is 13.7. The van der Waals surface area contributed by atoms with E-state index in [0.29, 0.717) is 36.3 Å². The van der Waals surface area contributed by atoms with Crippen molar-refractivity contribution in [3.05, 3.63) is 78.0 Å². The summed E-state index contributed by atoms with van der Waals surface area (Å²) in [4.78, 5) is 20.6. The van der Waals surface area contributed by atoms with Gasteiger partial charge in [0.2, 0.25) is 5.82 Å². The van der Waals surface area contributed by atoms with Gasteiger partial charge in [0.05, 0.1) is 26.4 Å². The number of halogens is 4. The number of benzene rings is 1. The molecule has 1 aliphatic heterocycles. The van der Waals surface area contributed by atoms with Crippen LogP contribution in [-0.2, 0) is 20.4 Å². The predicted octanol–water partition coefficient (Wildman–Crippen LogP) is 5.30. The van der Waals surface area contributed by atoms with E-state index in [1.165, 1.54) is 50.9 Å². The maximum Gasteiger partial charge on any atom is 0.450 e. The van der Waals surface area contributed by atoms with Crippen LogP contribution in [0.5, 0.6) is 5.75 Å². The molecule has 0 saturated heterocycles. The predicted molar refractivity (Wildman–Crippen MR) is 123 cm³/mol. The Bertz CT molecular complexity index is 1350. The first-order chi connectivity index (χ1) is 17.7. The van der Waals surface area contributed by atoms with E-state index in [0.717, 1.165) is 16.3 Å². The molecule has 1 saturated carbocycles. The summed E-state index contributed by atoms with van der Waals surface area (Å²) in [5.41, 5.74) is 0.801. The molecule has 3 aromatic rings. The molecule has 3 heterocycles. The molecule has 1 aliphatic carbocycles. The zero-order valence-corrected chi connectivity index (χ0v) is 20.0. The van der Waals surface area contributed by atoms with E-state index in [-0.39, 0.29) is 11.8 Å². The second kappa shape index (κ2) is 9.20. The number of hydrogen-bond donors (Lipinski definition) is 0. The monoisotopic (exact) mass is 517 g/mol. The lowest BCUT2D eigenvalue weighted by Gasteiger charge is -2.33. The van der Waals surface area contributed by atoms with Crippen molar-refractivity contribution in [2.75, 3.05) is 14.2 Å². The molecule has 0 unspecified atom stereocenters. The number of carbonyl (C=O) groups excluding carboxylic acids is 1. The Morgan fingerprint density at radius 3 is 2.59 bits per heavy atom. The van der Waals surface area contributed by atoms with Gasteiger partial charge in [-0.3, -0.25) is 9.36 Å². The van der Waals surface area contributed by atoms with Gasteiger partial charge in [0.25, 0.3) is 0 Å². The molecule has 0 bridgehead atoms. The van der Waals surface area contributed by atoms with Crippen LogP contribution >= 0.6 is 0 Å². The third kappa shape index (κ3) is 4.32. The lowest BCUT2D eigenvalue weighted by molar-refractivity contribution is -0.147. The third-order valence-electron chi connectivity index (χ3n) is 7.02. The van der Waals surface area contributed by atoms with Crippen LogP contribution in [0.3, 0.4) is 0 Å². The summed E-state index contributed by atoms with van der Waals surface area (Å²) in [5, 5.41) is 0. The fourth-order valence-electron chi connectivity index (χ4n) is 5.43. The summed E-state index contributed by atoms with van der Waals surface area (Å²) in [6.45, 7) is 0. The molecule has 7 nitrogen and oxygen atoms in total. The second-order valence-electron chi connectivity index (χ2n) is 9.04. The summed E-state index contributed by atoms with van der Waals surface area (Å²) in [5.74, 6) is -2.47. The zero-order valence-electron chi connectivity index (χ0n) is 20.0.